The molecule has 10 heteroatoms. The number of ether oxygens (including phenoxy) is 2. The van der Waals surface area contributed by atoms with Crippen LogP contribution >= 0.6 is 0 Å². The topological polar surface area (TPSA) is 134 Å². The number of carbonyl (C=O) groups is 4. The number of carboxylic acid groups (broad SMARTS) is 1. The summed E-state index contributed by atoms with van der Waals surface area (Å²) in [6.45, 7) is 6.28. The van der Waals surface area contributed by atoms with Crippen LogP contribution in [0.15, 0.2) is 18.2 Å². The van der Waals surface area contributed by atoms with Gasteiger partial charge in [-0.15, -0.1) is 0 Å². The van der Waals surface area contributed by atoms with Crippen LogP contribution in [0.4, 0.5) is 0 Å². The van der Waals surface area contributed by atoms with E-state index in [2.05, 4.69) is 17.6 Å². The van der Waals surface area contributed by atoms with Crippen molar-refractivity contribution >= 4 is 23.7 Å². The first-order valence-electron chi connectivity index (χ1n) is 14.3. The number of carbonyl (C=O) groups excluding carboxylic acids is 3. The van der Waals surface area contributed by atoms with Gasteiger partial charge >= 0.3 is 5.97 Å². The zero-order valence-electron chi connectivity index (χ0n) is 25.1. The maximum Gasteiger partial charge on any atom is 0.326 e. The van der Waals surface area contributed by atoms with E-state index < -0.39 is 24.0 Å². The fourth-order valence-electron chi connectivity index (χ4n) is 4.35. The molecule has 3 amide bonds. The molecule has 0 radical (unpaired) electrons. The summed E-state index contributed by atoms with van der Waals surface area (Å²) in [6.07, 6.45) is 6.85. The second-order valence-corrected chi connectivity index (χ2v) is 10.6. The first kappa shape index (κ1) is 34.7. The molecular weight excluding hydrogens is 514 g/mol. The quantitative estimate of drug-likeness (QED) is 0.201. The van der Waals surface area contributed by atoms with Crippen molar-refractivity contribution in [1.29, 1.82) is 0 Å². The number of rotatable bonds is 20. The van der Waals surface area contributed by atoms with Gasteiger partial charge in [-0.1, -0.05) is 52.9 Å². The van der Waals surface area contributed by atoms with Gasteiger partial charge in [0.1, 0.15) is 23.6 Å². The third-order valence-electron chi connectivity index (χ3n) is 6.71. The molecule has 0 bridgehead atoms. The first-order valence-corrected chi connectivity index (χ1v) is 14.3. The Balaban J connectivity index is 2.70. The number of benzene rings is 1. The van der Waals surface area contributed by atoms with Gasteiger partial charge in [-0.3, -0.25) is 14.4 Å². The number of hydrogen-bond acceptors (Lipinski definition) is 6. The maximum absolute atomic E-state index is 13.0. The Kier molecular flexibility index (Phi) is 16.4. The maximum atomic E-state index is 13.0. The molecule has 0 aliphatic heterocycles. The van der Waals surface area contributed by atoms with Crippen molar-refractivity contribution < 1.29 is 33.8 Å². The summed E-state index contributed by atoms with van der Waals surface area (Å²) in [5.41, 5.74) is 0.774. The Labute approximate surface area is 239 Å². The van der Waals surface area contributed by atoms with Crippen LogP contribution in [0.3, 0.4) is 0 Å². The number of unbranched alkanes of at least 4 members (excludes halogenated alkanes) is 5. The van der Waals surface area contributed by atoms with Crippen LogP contribution in [0, 0.1) is 5.92 Å². The third-order valence-corrected chi connectivity index (χ3v) is 6.71. The summed E-state index contributed by atoms with van der Waals surface area (Å²) in [7, 11) is 4.71. The number of aliphatic carboxylic acids is 1. The smallest absolute Gasteiger partial charge is 0.326 e. The van der Waals surface area contributed by atoms with Gasteiger partial charge < -0.3 is 30.1 Å². The van der Waals surface area contributed by atoms with E-state index in [1.54, 1.807) is 32.4 Å². The molecule has 2 atom stereocenters. The Morgan fingerprint density at radius 3 is 2.20 bits per heavy atom. The first-order chi connectivity index (χ1) is 19.0. The lowest BCUT2D eigenvalue weighted by atomic mass is 10.0. The molecular formula is C30H49N3O7. The summed E-state index contributed by atoms with van der Waals surface area (Å²) in [5, 5.41) is 15.0. The molecule has 0 aliphatic rings. The molecule has 0 heterocycles. The van der Waals surface area contributed by atoms with Crippen molar-refractivity contribution in [1.82, 2.24) is 15.5 Å². The molecule has 0 unspecified atom stereocenters. The highest BCUT2D eigenvalue weighted by atomic mass is 16.5. The van der Waals surface area contributed by atoms with Crippen LogP contribution in [0.2, 0.25) is 0 Å². The minimum absolute atomic E-state index is 0.0779. The minimum atomic E-state index is -1.26. The van der Waals surface area contributed by atoms with Crippen LogP contribution < -0.4 is 20.1 Å². The van der Waals surface area contributed by atoms with Gasteiger partial charge in [0.15, 0.2) is 0 Å². The summed E-state index contributed by atoms with van der Waals surface area (Å²) < 4.78 is 10.6. The molecule has 226 valence electrons. The van der Waals surface area contributed by atoms with Gasteiger partial charge in [0.05, 0.1) is 14.2 Å². The van der Waals surface area contributed by atoms with Crippen LogP contribution in [-0.2, 0) is 25.7 Å². The van der Waals surface area contributed by atoms with E-state index >= 15 is 0 Å². The van der Waals surface area contributed by atoms with Gasteiger partial charge in [0.2, 0.25) is 17.7 Å². The fraction of sp³-hybridized carbons (Fsp3) is 0.667. The zero-order chi connectivity index (χ0) is 30.1. The van der Waals surface area contributed by atoms with E-state index in [0.29, 0.717) is 24.3 Å². The van der Waals surface area contributed by atoms with E-state index in [-0.39, 0.29) is 37.1 Å². The van der Waals surface area contributed by atoms with Crippen molar-refractivity contribution in [3.63, 3.8) is 0 Å². The number of carboxylic acids is 1. The third kappa shape index (κ3) is 13.2. The number of amides is 3. The van der Waals surface area contributed by atoms with Crippen LogP contribution in [0.1, 0.15) is 90.5 Å². The summed E-state index contributed by atoms with van der Waals surface area (Å²) in [4.78, 5) is 51.7. The molecule has 0 aliphatic carbocycles. The lowest BCUT2D eigenvalue weighted by molar-refractivity contribution is -0.143. The molecule has 0 saturated carbocycles. The highest BCUT2D eigenvalue weighted by Gasteiger charge is 2.28. The molecule has 10 nitrogen and oxygen atoms in total. The Morgan fingerprint density at radius 1 is 0.925 bits per heavy atom. The molecule has 0 spiro atoms. The second kappa shape index (κ2) is 18.9. The van der Waals surface area contributed by atoms with E-state index in [1.165, 1.54) is 18.4 Å². The van der Waals surface area contributed by atoms with Crippen molar-refractivity contribution in [3.05, 3.63) is 23.8 Å². The molecule has 1 rings (SSSR count). The SMILES string of the molecule is CCCCCCCCC(=O)N[C@@H](CC(C)C)C(=O)N[C@@H](CCC(=O)N(C)Cc1ccc(OC)cc1OC)C(=O)O. The van der Waals surface area contributed by atoms with E-state index in [1.807, 2.05) is 13.8 Å². The summed E-state index contributed by atoms with van der Waals surface area (Å²) in [6, 6.07) is 3.20. The Morgan fingerprint density at radius 2 is 1.60 bits per heavy atom. The summed E-state index contributed by atoms with van der Waals surface area (Å²) >= 11 is 0. The van der Waals surface area contributed by atoms with Crippen LogP contribution in [0.5, 0.6) is 11.5 Å². The van der Waals surface area contributed by atoms with Crippen molar-refractivity contribution in [2.24, 2.45) is 5.92 Å². The Hall–Kier alpha value is -3.30. The largest absolute Gasteiger partial charge is 0.497 e. The predicted molar refractivity (Wildman–Crippen MR) is 154 cm³/mol. The fourth-order valence-corrected chi connectivity index (χ4v) is 4.35. The number of nitrogens with zero attached hydrogens (tertiary/aromatic N) is 1. The molecule has 1 aromatic carbocycles. The van der Waals surface area contributed by atoms with E-state index in [4.69, 9.17) is 9.47 Å². The van der Waals surface area contributed by atoms with Gasteiger partial charge in [0, 0.05) is 38.1 Å². The van der Waals surface area contributed by atoms with Gasteiger partial charge in [-0.2, -0.15) is 0 Å². The van der Waals surface area contributed by atoms with Crippen molar-refractivity contribution in [2.75, 3.05) is 21.3 Å². The standard InChI is InChI=1S/C30H49N3O7/c1-7-8-9-10-11-12-13-27(34)31-25(18-21(2)3)29(36)32-24(30(37)38)16-17-28(35)33(4)20-22-14-15-23(39-5)19-26(22)40-6/h14-15,19,21,24-25H,7-13,16-18,20H2,1-6H3,(H,31,34)(H,32,36)(H,37,38)/t24-,25-/m0/s1. The molecule has 0 fully saturated rings. The molecule has 40 heavy (non-hydrogen) atoms. The highest BCUT2D eigenvalue weighted by molar-refractivity contribution is 5.90. The Bertz CT molecular complexity index is 951. The van der Waals surface area contributed by atoms with E-state index in [9.17, 15) is 24.3 Å². The minimum Gasteiger partial charge on any atom is -0.497 e. The van der Waals surface area contributed by atoms with E-state index in [0.717, 1.165) is 37.7 Å². The van der Waals surface area contributed by atoms with Gasteiger partial charge in [0.25, 0.3) is 0 Å². The normalized spacial score (nSPS) is 12.4. The van der Waals surface area contributed by atoms with Gasteiger partial charge in [-0.25, -0.2) is 4.79 Å². The number of methoxy groups -OCH3 is 2. The monoisotopic (exact) mass is 563 g/mol. The molecule has 3 N–H and O–H groups in total. The zero-order valence-corrected chi connectivity index (χ0v) is 25.1. The summed E-state index contributed by atoms with van der Waals surface area (Å²) in [5.74, 6) is -0.964. The average Bonchev–Trinajstić information content (AvgIpc) is 2.91. The number of nitrogens with one attached hydrogen (secondary N) is 2. The van der Waals surface area contributed by atoms with Crippen LogP contribution in [0.25, 0.3) is 0 Å². The average molecular weight is 564 g/mol. The van der Waals surface area contributed by atoms with Crippen molar-refractivity contribution in [2.45, 2.75) is 104 Å². The highest BCUT2D eigenvalue weighted by Crippen LogP contribution is 2.25. The predicted octanol–water partition coefficient (Wildman–Crippen LogP) is 4.29. The van der Waals surface area contributed by atoms with Crippen LogP contribution in [-0.4, -0.2) is 67.0 Å². The lowest BCUT2D eigenvalue weighted by Crippen LogP contribution is -2.52. The van der Waals surface area contributed by atoms with Crippen molar-refractivity contribution in [3.8, 4) is 11.5 Å². The molecule has 1 aromatic rings. The number of hydrogen-bond donors (Lipinski definition) is 3. The van der Waals surface area contributed by atoms with Gasteiger partial charge in [-0.05, 0) is 37.3 Å². The molecule has 0 aromatic heterocycles. The lowest BCUT2D eigenvalue weighted by Gasteiger charge is -2.23. The molecule has 0 saturated heterocycles. The second-order valence-electron chi connectivity index (χ2n) is 10.6.